The summed E-state index contributed by atoms with van der Waals surface area (Å²) in [6.07, 6.45) is 2.94. The van der Waals surface area contributed by atoms with E-state index < -0.39 is 0 Å². The first-order chi connectivity index (χ1) is 10.2. The number of benzene rings is 1. The summed E-state index contributed by atoms with van der Waals surface area (Å²) in [7, 11) is 1.72. The molecule has 21 heavy (non-hydrogen) atoms. The lowest BCUT2D eigenvalue weighted by molar-refractivity contribution is -0.133. The van der Waals surface area contributed by atoms with Crippen molar-refractivity contribution in [2.24, 2.45) is 5.92 Å². The minimum atomic E-state index is 0.0572. The van der Waals surface area contributed by atoms with Gasteiger partial charge in [-0.05, 0) is 18.5 Å². The fraction of sp³-hybridized carbons (Fsp3) is 0.611. The Bertz CT molecular complexity index is 446. The van der Waals surface area contributed by atoms with Crippen molar-refractivity contribution in [2.75, 3.05) is 20.3 Å². The third-order valence-corrected chi connectivity index (χ3v) is 4.60. The van der Waals surface area contributed by atoms with Gasteiger partial charge >= 0.3 is 0 Å². The SMILES string of the molecule is CCCCN1[C@@H](c2ccccc2)CC(=O)[C@@H](C)[C@H]1COC. The Labute approximate surface area is 128 Å². The van der Waals surface area contributed by atoms with Crippen LogP contribution in [0.5, 0.6) is 0 Å². The molecule has 1 aliphatic heterocycles. The standard InChI is InChI=1S/C18H27NO2/c1-4-5-11-19-16(15-9-7-6-8-10-15)12-18(20)14(2)17(19)13-21-3/h6-10,14,16-17H,4-5,11-13H2,1-3H3/t14-,16+,17+/m0/s1. The van der Waals surface area contributed by atoms with Crippen LogP contribution in [-0.4, -0.2) is 37.0 Å². The lowest BCUT2D eigenvalue weighted by Gasteiger charge is -2.44. The molecule has 1 heterocycles. The zero-order chi connectivity index (χ0) is 15.2. The third-order valence-electron chi connectivity index (χ3n) is 4.60. The number of nitrogens with zero attached hydrogens (tertiary/aromatic N) is 1. The molecule has 3 heteroatoms. The molecular formula is C18H27NO2. The summed E-state index contributed by atoms with van der Waals surface area (Å²) >= 11 is 0. The van der Waals surface area contributed by atoms with E-state index in [9.17, 15) is 4.79 Å². The van der Waals surface area contributed by atoms with Crippen molar-refractivity contribution < 1.29 is 9.53 Å². The molecule has 0 spiro atoms. The van der Waals surface area contributed by atoms with E-state index in [1.54, 1.807) is 7.11 Å². The molecule has 2 rings (SSSR count). The lowest BCUT2D eigenvalue weighted by atomic mass is 9.83. The van der Waals surface area contributed by atoms with Gasteiger partial charge in [0.1, 0.15) is 5.78 Å². The molecule has 3 nitrogen and oxygen atoms in total. The molecule has 116 valence electrons. The number of carbonyl (C=O) groups excluding carboxylic acids is 1. The van der Waals surface area contributed by atoms with Gasteiger partial charge in [-0.25, -0.2) is 0 Å². The highest BCUT2D eigenvalue weighted by Gasteiger charge is 2.40. The molecule has 1 saturated heterocycles. The van der Waals surface area contributed by atoms with Crippen LogP contribution in [0.1, 0.15) is 44.7 Å². The number of likely N-dealkylation sites (tertiary alicyclic amines) is 1. The van der Waals surface area contributed by atoms with Gasteiger partial charge in [0.25, 0.3) is 0 Å². The number of carbonyl (C=O) groups is 1. The van der Waals surface area contributed by atoms with Gasteiger partial charge in [-0.15, -0.1) is 0 Å². The van der Waals surface area contributed by atoms with Gasteiger partial charge in [-0.2, -0.15) is 0 Å². The maximum absolute atomic E-state index is 12.4. The van der Waals surface area contributed by atoms with Crippen LogP contribution in [0.15, 0.2) is 30.3 Å². The number of ketones is 1. The van der Waals surface area contributed by atoms with Gasteiger partial charge in [0.05, 0.1) is 6.61 Å². The van der Waals surface area contributed by atoms with E-state index in [0.29, 0.717) is 18.8 Å². The summed E-state index contributed by atoms with van der Waals surface area (Å²) in [5.74, 6) is 0.417. The van der Waals surface area contributed by atoms with Gasteiger partial charge < -0.3 is 4.74 Å². The second-order valence-electron chi connectivity index (χ2n) is 6.00. The summed E-state index contributed by atoms with van der Waals surface area (Å²) in [5, 5.41) is 0. The average Bonchev–Trinajstić information content (AvgIpc) is 2.51. The Morgan fingerprint density at radius 3 is 2.62 bits per heavy atom. The second kappa shape index (κ2) is 7.71. The molecule has 1 aromatic carbocycles. The molecule has 3 atom stereocenters. The Kier molecular flexibility index (Phi) is 5.95. The van der Waals surface area contributed by atoms with E-state index in [1.807, 2.05) is 13.0 Å². The third kappa shape index (κ3) is 3.72. The van der Waals surface area contributed by atoms with Crippen molar-refractivity contribution in [3.8, 4) is 0 Å². The quantitative estimate of drug-likeness (QED) is 0.803. The fourth-order valence-corrected chi connectivity index (χ4v) is 3.28. The largest absolute Gasteiger partial charge is 0.383 e. The molecule has 0 radical (unpaired) electrons. The molecule has 0 bridgehead atoms. The zero-order valence-electron chi connectivity index (χ0n) is 13.4. The first-order valence-electron chi connectivity index (χ1n) is 8.01. The van der Waals surface area contributed by atoms with E-state index in [0.717, 1.165) is 13.0 Å². The van der Waals surface area contributed by atoms with E-state index in [2.05, 4.69) is 36.1 Å². The van der Waals surface area contributed by atoms with Crippen molar-refractivity contribution in [2.45, 2.75) is 45.2 Å². The van der Waals surface area contributed by atoms with E-state index >= 15 is 0 Å². The molecule has 0 saturated carbocycles. The first kappa shape index (κ1) is 16.2. The Balaban J connectivity index is 2.28. The van der Waals surface area contributed by atoms with Crippen molar-refractivity contribution in [3.63, 3.8) is 0 Å². The van der Waals surface area contributed by atoms with Crippen LogP contribution in [0.2, 0.25) is 0 Å². The molecule has 1 fully saturated rings. The normalized spacial score (nSPS) is 27.0. The number of rotatable bonds is 6. The Morgan fingerprint density at radius 2 is 2.00 bits per heavy atom. The van der Waals surface area contributed by atoms with Crippen LogP contribution in [0.25, 0.3) is 0 Å². The van der Waals surface area contributed by atoms with Gasteiger partial charge in [0, 0.05) is 31.5 Å². The molecule has 1 aromatic rings. The Hall–Kier alpha value is -1.19. The van der Waals surface area contributed by atoms with Crippen molar-refractivity contribution >= 4 is 5.78 Å². The molecule has 0 aliphatic carbocycles. The van der Waals surface area contributed by atoms with Crippen LogP contribution < -0.4 is 0 Å². The van der Waals surface area contributed by atoms with Crippen LogP contribution in [0.3, 0.4) is 0 Å². The zero-order valence-corrected chi connectivity index (χ0v) is 13.4. The number of ether oxygens (including phenoxy) is 1. The summed E-state index contributed by atoms with van der Waals surface area (Å²) < 4.78 is 5.40. The van der Waals surface area contributed by atoms with E-state index in [1.165, 1.54) is 12.0 Å². The maximum atomic E-state index is 12.4. The summed E-state index contributed by atoms with van der Waals surface area (Å²) in [5.41, 5.74) is 1.25. The summed E-state index contributed by atoms with van der Waals surface area (Å²) in [4.78, 5) is 14.9. The van der Waals surface area contributed by atoms with Crippen molar-refractivity contribution in [1.29, 1.82) is 0 Å². The van der Waals surface area contributed by atoms with E-state index in [4.69, 9.17) is 4.74 Å². The predicted molar refractivity (Wildman–Crippen MR) is 85.2 cm³/mol. The highest BCUT2D eigenvalue weighted by molar-refractivity contribution is 5.83. The van der Waals surface area contributed by atoms with Crippen molar-refractivity contribution in [1.82, 2.24) is 4.90 Å². The highest BCUT2D eigenvalue weighted by atomic mass is 16.5. The number of piperidine rings is 1. The predicted octanol–water partition coefficient (Wildman–Crippen LogP) is 3.45. The number of hydrogen-bond donors (Lipinski definition) is 0. The second-order valence-corrected chi connectivity index (χ2v) is 6.00. The topological polar surface area (TPSA) is 29.5 Å². The molecular weight excluding hydrogens is 262 g/mol. The van der Waals surface area contributed by atoms with Gasteiger partial charge in [-0.3, -0.25) is 9.69 Å². The van der Waals surface area contributed by atoms with Crippen LogP contribution in [-0.2, 0) is 9.53 Å². The molecule has 1 aliphatic rings. The molecule has 0 amide bonds. The first-order valence-corrected chi connectivity index (χ1v) is 8.01. The van der Waals surface area contributed by atoms with Gasteiger partial charge in [-0.1, -0.05) is 50.6 Å². The summed E-state index contributed by atoms with van der Waals surface area (Å²) in [6.45, 7) is 5.91. The highest BCUT2D eigenvalue weighted by Crippen LogP contribution is 2.35. The van der Waals surface area contributed by atoms with Crippen LogP contribution in [0.4, 0.5) is 0 Å². The van der Waals surface area contributed by atoms with E-state index in [-0.39, 0.29) is 18.0 Å². The average molecular weight is 289 g/mol. The fourth-order valence-electron chi connectivity index (χ4n) is 3.28. The minimum Gasteiger partial charge on any atom is -0.383 e. The molecule has 0 unspecified atom stereocenters. The monoisotopic (exact) mass is 289 g/mol. The lowest BCUT2D eigenvalue weighted by Crippen LogP contribution is -2.52. The smallest absolute Gasteiger partial charge is 0.139 e. The Morgan fingerprint density at radius 1 is 1.29 bits per heavy atom. The van der Waals surface area contributed by atoms with Crippen LogP contribution in [0, 0.1) is 5.92 Å². The number of unbranched alkanes of at least 4 members (excludes halogenated alkanes) is 1. The molecule has 0 N–H and O–H groups in total. The summed E-state index contributed by atoms with van der Waals surface area (Å²) in [6, 6.07) is 10.8. The van der Waals surface area contributed by atoms with Crippen LogP contribution >= 0.6 is 0 Å². The minimum absolute atomic E-state index is 0.0572. The molecule has 0 aromatic heterocycles. The van der Waals surface area contributed by atoms with Gasteiger partial charge in [0.15, 0.2) is 0 Å². The van der Waals surface area contributed by atoms with Crippen molar-refractivity contribution in [3.05, 3.63) is 35.9 Å². The number of hydrogen-bond acceptors (Lipinski definition) is 3. The van der Waals surface area contributed by atoms with Gasteiger partial charge in [0.2, 0.25) is 0 Å². The number of Topliss-reactive ketones (excluding diaryl/α,β-unsaturated/α-hetero) is 1. The maximum Gasteiger partial charge on any atom is 0.139 e. The number of methoxy groups -OCH3 is 1.